The zero-order valence-corrected chi connectivity index (χ0v) is 10.4. The minimum Gasteiger partial charge on any atom is -0.561 e. The second-order valence-electron chi connectivity index (χ2n) is 4.28. The van der Waals surface area contributed by atoms with Crippen LogP contribution in [0, 0.1) is 16.3 Å². The zero-order valence-electron chi connectivity index (χ0n) is 9.54. The standard InChI is InChI=1S/C11H12N2O3S/c1-7(2)5-9-11(14)10(13(16)12(9)15)8-3-4-17-6-8/h3-4,6-7H,5H2,1-2H3. The van der Waals surface area contributed by atoms with Gasteiger partial charge in [-0.15, -0.1) is 0 Å². The van der Waals surface area contributed by atoms with E-state index in [4.69, 9.17) is 0 Å². The van der Waals surface area contributed by atoms with Crippen LogP contribution in [0.15, 0.2) is 16.8 Å². The van der Waals surface area contributed by atoms with Crippen molar-refractivity contribution in [3.63, 3.8) is 0 Å². The maximum absolute atomic E-state index is 12.0. The van der Waals surface area contributed by atoms with Gasteiger partial charge in [-0.2, -0.15) is 11.3 Å². The fraction of sp³-hybridized carbons (Fsp3) is 0.364. The van der Waals surface area contributed by atoms with Crippen LogP contribution in [0.4, 0.5) is 0 Å². The molecule has 0 unspecified atom stereocenters. The summed E-state index contributed by atoms with van der Waals surface area (Å²) in [7, 11) is 0. The van der Waals surface area contributed by atoms with Gasteiger partial charge in [0.2, 0.25) is 0 Å². The highest BCUT2D eigenvalue weighted by molar-refractivity contribution is 7.08. The topological polar surface area (TPSA) is 69.2 Å². The number of thiophene rings is 1. The third-order valence-corrected chi connectivity index (χ3v) is 3.14. The van der Waals surface area contributed by atoms with E-state index in [0.29, 0.717) is 12.0 Å². The Morgan fingerprint density at radius 3 is 2.59 bits per heavy atom. The molecule has 0 saturated heterocycles. The Bertz CT molecular complexity index is 515. The first-order valence-electron chi connectivity index (χ1n) is 5.27. The van der Waals surface area contributed by atoms with E-state index in [1.165, 1.54) is 11.3 Å². The summed E-state index contributed by atoms with van der Waals surface area (Å²) in [5.74, 6) is -0.303. The van der Waals surface area contributed by atoms with Crippen LogP contribution in [-0.4, -0.2) is 26.9 Å². The molecule has 1 aliphatic rings. The highest BCUT2D eigenvalue weighted by Gasteiger charge is 2.44. The Morgan fingerprint density at radius 2 is 2.06 bits per heavy atom. The summed E-state index contributed by atoms with van der Waals surface area (Å²) in [5.41, 5.74) is 0.461. The van der Waals surface area contributed by atoms with Crippen LogP contribution < -0.4 is 0 Å². The van der Waals surface area contributed by atoms with E-state index in [2.05, 4.69) is 0 Å². The molecule has 0 N–H and O–H groups in total. The zero-order chi connectivity index (χ0) is 12.6. The summed E-state index contributed by atoms with van der Waals surface area (Å²) in [6.07, 6.45) is 0.314. The molecular formula is C11H12N2O3S. The quantitative estimate of drug-likeness (QED) is 0.605. The molecule has 5 nitrogen and oxygen atoms in total. The largest absolute Gasteiger partial charge is 0.561 e. The molecule has 90 valence electrons. The Balaban J connectivity index is 2.39. The highest BCUT2D eigenvalue weighted by Crippen LogP contribution is 2.15. The summed E-state index contributed by atoms with van der Waals surface area (Å²) in [5, 5.41) is 26.7. The number of hydrogen-bond acceptors (Lipinski definition) is 4. The first kappa shape index (κ1) is 11.8. The molecule has 0 atom stereocenters. The number of carbonyl (C=O) groups excluding carboxylic acids is 1. The van der Waals surface area contributed by atoms with Gasteiger partial charge in [0.15, 0.2) is 0 Å². The summed E-state index contributed by atoms with van der Waals surface area (Å²) < 4.78 is 0. The first-order valence-corrected chi connectivity index (χ1v) is 6.21. The van der Waals surface area contributed by atoms with Gasteiger partial charge >= 0.3 is 17.2 Å². The van der Waals surface area contributed by atoms with Crippen LogP contribution in [0.5, 0.6) is 0 Å². The van der Waals surface area contributed by atoms with Gasteiger partial charge in [0.05, 0.1) is 15.3 Å². The average Bonchev–Trinajstić information content (AvgIpc) is 2.83. The minimum atomic E-state index is -0.456. The number of carbonyl (C=O) groups is 1. The van der Waals surface area contributed by atoms with Gasteiger partial charge in [-0.3, -0.25) is 4.79 Å². The van der Waals surface area contributed by atoms with E-state index in [0.717, 1.165) is 0 Å². The molecule has 0 saturated carbocycles. The Kier molecular flexibility index (Phi) is 2.97. The molecule has 1 aromatic heterocycles. The third-order valence-electron chi connectivity index (χ3n) is 2.46. The molecule has 17 heavy (non-hydrogen) atoms. The highest BCUT2D eigenvalue weighted by atomic mass is 32.1. The SMILES string of the molecule is CC(C)CC1=[N+]([O-])[N+]([O-])=C(c2ccsc2)C1=O. The number of hydrazine groups is 1. The Hall–Kier alpha value is -1.69. The molecule has 2 rings (SSSR count). The summed E-state index contributed by atoms with van der Waals surface area (Å²) >= 11 is 1.38. The molecule has 0 spiro atoms. The van der Waals surface area contributed by atoms with Crippen molar-refractivity contribution < 1.29 is 14.5 Å². The van der Waals surface area contributed by atoms with Crippen molar-refractivity contribution in [2.45, 2.75) is 20.3 Å². The molecule has 0 fully saturated rings. The average molecular weight is 252 g/mol. The molecule has 0 aromatic carbocycles. The molecule has 0 amide bonds. The normalized spacial score (nSPS) is 16.5. The lowest BCUT2D eigenvalue weighted by Crippen LogP contribution is -2.23. The molecule has 6 heteroatoms. The van der Waals surface area contributed by atoms with Crippen molar-refractivity contribution >= 4 is 28.5 Å². The lowest BCUT2D eigenvalue weighted by molar-refractivity contribution is -1.05. The van der Waals surface area contributed by atoms with E-state index in [-0.39, 0.29) is 27.0 Å². The minimum absolute atomic E-state index is 0.0243. The number of hydrogen-bond donors (Lipinski definition) is 0. The van der Waals surface area contributed by atoms with Crippen molar-refractivity contribution in [3.05, 3.63) is 32.8 Å². The van der Waals surface area contributed by atoms with Gasteiger partial charge in [-0.25, -0.2) is 0 Å². The third kappa shape index (κ3) is 1.95. The number of ketones is 1. The van der Waals surface area contributed by atoms with Crippen LogP contribution in [-0.2, 0) is 4.79 Å². The van der Waals surface area contributed by atoms with Crippen molar-refractivity contribution in [1.82, 2.24) is 0 Å². The molecule has 0 bridgehead atoms. The monoisotopic (exact) mass is 252 g/mol. The lowest BCUT2D eigenvalue weighted by Gasteiger charge is -1.99. The molecule has 1 aromatic rings. The van der Waals surface area contributed by atoms with E-state index in [9.17, 15) is 15.2 Å². The van der Waals surface area contributed by atoms with E-state index in [1.54, 1.807) is 16.8 Å². The Morgan fingerprint density at radius 1 is 1.35 bits per heavy atom. The number of hydrazone groups is 2. The number of Topliss-reactive ketones (excluding diaryl/α,β-unsaturated/α-hetero) is 1. The molecule has 1 aliphatic heterocycles. The molecule has 0 aliphatic carbocycles. The van der Waals surface area contributed by atoms with Gasteiger partial charge in [0.1, 0.15) is 0 Å². The fourth-order valence-electron chi connectivity index (χ4n) is 1.71. The second-order valence-corrected chi connectivity index (χ2v) is 5.06. The van der Waals surface area contributed by atoms with Crippen molar-refractivity contribution in [3.8, 4) is 0 Å². The van der Waals surface area contributed by atoms with Gasteiger partial charge < -0.3 is 10.4 Å². The van der Waals surface area contributed by atoms with Crippen molar-refractivity contribution in [2.24, 2.45) is 5.92 Å². The number of nitrogens with zero attached hydrogens (tertiary/aromatic N) is 2. The van der Waals surface area contributed by atoms with Crippen LogP contribution in [0.2, 0.25) is 0 Å². The van der Waals surface area contributed by atoms with Crippen molar-refractivity contribution in [1.29, 1.82) is 0 Å². The predicted octanol–water partition coefficient (Wildman–Crippen LogP) is 1.54. The maximum Gasteiger partial charge on any atom is 0.349 e. The van der Waals surface area contributed by atoms with E-state index >= 15 is 0 Å². The van der Waals surface area contributed by atoms with E-state index in [1.807, 2.05) is 13.8 Å². The molecule has 0 radical (unpaired) electrons. The Labute approximate surface area is 102 Å². The van der Waals surface area contributed by atoms with Crippen molar-refractivity contribution in [2.75, 3.05) is 0 Å². The van der Waals surface area contributed by atoms with E-state index < -0.39 is 5.78 Å². The summed E-state index contributed by atoms with van der Waals surface area (Å²) in [6.45, 7) is 3.79. The van der Waals surface area contributed by atoms with Gasteiger partial charge in [-0.1, -0.05) is 13.8 Å². The predicted molar refractivity (Wildman–Crippen MR) is 65.2 cm³/mol. The second kappa shape index (κ2) is 4.29. The number of rotatable bonds is 3. The molecule has 2 heterocycles. The maximum atomic E-state index is 12.0. The molecular weight excluding hydrogens is 240 g/mol. The van der Waals surface area contributed by atoms with Crippen LogP contribution >= 0.6 is 11.3 Å². The van der Waals surface area contributed by atoms with Gasteiger partial charge in [0.25, 0.3) is 0 Å². The summed E-state index contributed by atoms with van der Waals surface area (Å²) in [6, 6.07) is 1.66. The lowest BCUT2D eigenvalue weighted by atomic mass is 10.00. The fourth-order valence-corrected chi connectivity index (χ4v) is 2.35. The smallest absolute Gasteiger partial charge is 0.349 e. The first-order chi connectivity index (χ1) is 8.02. The van der Waals surface area contributed by atoms with Crippen LogP contribution in [0.25, 0.3) is 0 Å². The summed E-state index contributed by atoms with van der Waals surface area (Å²) in [4.78, 5) is 12.3. The van der Waals surface area contributed by atoms with Gasteiger partial charge in [0, 0.05) is 11.8 Å². The van der Waals surface area contributed by atoms with Crippen LogP contribution in [0.1, 0.15) is 25.8 Å². The van der Waals surface area contributed by atoms with Crippen LogP contribution in [0.3, 0.4) is 0 Å². The van der Waals surface area contributed by atoms with Gasteiger partial charge in [-0.05, 0) is 17.4 Å².